The number of ether oxygens (including phenoxy) is 1. The van der Waals surface area contributed by atoms with E-state index in [1.54, 1.807) is 18.7 Å². The Morgan fingerprint density at radius 3 is 3.04 bits per heavy atom. The van der Waals surface area contributed by atoms with Gasteiger partial charge >= 0.3 is 0 Å². The van der Waals surface area contributed by atoms with E-state index in [0.29, 0.717) is 24.6 Å². The Labute approximate surface area is 136 Å². The van der Waals surface area contributed by atoms with Crippen molar-refractivity contribution < 1.29 is 19.5 Å². The third-order valence-corrected chi connectivity index (χ3v) is 5.58. The fourth-order valence-corrected chi connectivity index (χ4v) is 4.24. The van der Waals surface area contributed by atoms with E-state index in [9.17, 15) is 9.59 Å². The molecular weight excluding hydrogens is 296 g/mol. The summed E-state index contributed by atoms with van der Waals surface area (Å²) >= 11 is 0. The molecule has 2 N–H and O–H groups in total. The zero-order valence-electron chi connectivity index (χ0n) is 13.5. The molecule has 0 radical (unpaired) electrons. The molecule has 1 saturated heterocycles. The van der Waals surface area contributed by atoms with Crippen molar-refractivity contribution in [2.75, 3.05) is 26.8 Å². The molecular formula is C17H24N2O4. The van der Waals surface area contributed by atoms with Crippen LogP contribution in [0.25, 0.3) is 0 Å². The van der Waals surface area contributed by atoms with Gasteiger partial charge in [0.25, 0.3) is 5.91 Å². The average Bonchev–Trinajstić information content (AvgIpc) is 2.88. The Morgan fingerprint density at radius 2 is 2.30 bits per heavy atom. The molecule has 3 rings (SSSR count). The minimum Gasteiger partial charge on any atom is -0.383 e. The van der Waals surface area contributed by atoms with E-state index in [-0.39, 0.29) is 17.2 Å². The maximum absolute atomic E-state index is 12.8. The van der Waals surface area contributed by atoms with Gasteiger partial charge in [0, 0.05) is 25.8 Å². The largest absolute Gasteiger partial charge is 0.383 e. The number of hydrogen-bond donors (Lipinski definition) is 2. The molecule has 2 fully saturated rings. The van der Waals surface area contributed by atoms with Crippen LogP contribution in [0.5, 0.6) is 0 Å². The SMILES string of the molecule is COCCN1CC[C@]2(CCC3C=C(C(=O)NO)C=CC3C2)C1=O. The molecule has 2 unspecified atom stereocenters. The maximum Gasteiger partial charge on any atom is 0.274 e. The molecule has 0 aromatic rings. The summed E-state index contributed by atoms with van der Waals surface area (Å²) in [5.74, 6) is 0.371. The molecule has 6 nitrogen and oxygen atoms in total. The molecule has 23 heavy (non-hydrogen) atoms. The first-order valence-corrected chi connectivity index (χ1v) is 8.22. The second kappa shape index (κ2) is 6.45. The van der Waals surface area contributed by atoms with Gasteiger partial charge in [-0.3, -0.25) is 14.8 Å². The number of likely N-dealkylation sites (tertiary alicyclic amines) is 1. The van der Waals surface area contributed by atoms with Gasteiger partial charge in [-0.25, -0.2) is 5.48 Å². The highest BCUT2D eigenvalue weighted by Crippen LogP contribution is 2.50. The van der Waals surface area contributed by atoms with Crippen LogP contribution in [0.15, 0.2) is 23.8 Å². The molecule has 1 aliphatic heterocycles. The minimum atomic E-state index is -0.470. The summed E-state index contributed by atoms with van der Waals surface area (Å²) in [5.41, 5.74) is 1.95. The van der Waals surface area contributed by atoms with E-state index in [0.717, 1.165) is 32.2 Å². The summed E-state index contributed by atoms with van der Waals surface area (Å²) in [6, 6.07) is 0. The third kappa shape index (κ3) is 2.93. The van der Waals surface area contributed by atoms with Gasteiger partial charge in [0.05, 0.1) is 12.0 Å². The van der Waals surface area contributed by atoms with Crippen molar-refractivity contribution in [1.82, 2.24) is 10.4 Å². The summed E-state index contributed by atoms with van der Waals surface area (Å²) in [4.78, 5) is 26.3. The van der Waals surface area contributed by atoms with Crippen LogP contribution in [-0.2, 0) is 14.3 Å². The zero-order valence-corrected chi connectivity index (χ0v) is 13.5. The summed E-state index contributed by atoms with van der Waals surface area (Å²) < 4.78 is 5.09. The molecule has 3 atom stereocenters. The first-order valence-electron chi connectivity index (χ1n) is 8.22. The first-order chi connectivity index (χ1) is 11.1. The predicted octanol–water partition coefficient (Wildman–Crippen LogP) is 1.27. The molecule has 1 spiro atoms. The predicted molar refractivity (Wildman–Crippen MR) is 83.5 cm³/mol. The Bertz CT molecular complexity index is 557. The van der Waals surface area contributed by atoms with E-state index in [2.05, 4.69) is 0 Å². The van der Waals surface area contributed by atoms with E-state index >= 15 is 0 Å². The molecule has 2 aliphatic carbocycles. The van der Waals surface area contributed by atoms with E-state index in [1.807, 2.05) is 17.1 Å². The number of carbonyl (C=O) groups excluding carboxylic acids is 2. The van der Waals surface area contributed by atoms with Gasteiger partial charge in [-0.05, 0) is 37.5 Å². The highest BCUT2D eigenvalue weighted by Gasteiger charge is 2.50. The highest BCUT2D eigenvalue weighted by molar-refractivity contribution is 5.95. The fourth-order valence-electron chi connectivity index (χ4n) is 4.24. The van der Waals surface area contributed by atoms with Gasteiger partial charge in [0.1, 0.15) is 0 Å². The van der Waals surface area contributed by atoms with E-state index in [1.165, 1.54) is 0 Å². The molecule has 0 bridgehead atoms. The van der Waals surface area contributed by atoms with Gasteiger partial charge in [-0.15, -0.1) is 0 Å². The number of allylic oxidation sites excluding steroid dienone is 2. The lowest BCUT2D eigenvalue weighted by Gasteiger charge is -2.40. The number of hydroxylamine groups is 1. The van der Waals surface area contributed by atoms with Crippen molar-refractivity contribution in [1.29, 1.82) is 0 Å². The molecule has 126 valence electrons. The van der Waals surface area contributed by atoms with E-state index < -0.39 is 5.91 Å². The van der Waals surface area contributed by atoms with Crippen molar-refractivity contribution in [2.45, 2.75) is 25.7 Å². The Hall–Kier alpha value is -1.66. The molecule has 1 heterocycles. The molecule has 1 saturated carbocycles. The zero-order chi connectivity index (χ0) is 16.4. The van der Waals surface area contributed by atoms with Crippen molar-refractivity contribution in [3.8, 4) is 0 Å². The number of fused-ring (bicyclic) bond motifs is 1. The van der Waals surface area contributed by atoms with Gasteiger partial charge in [-0.2, -0.15) is 0 Å². The van der Waals surface area contributed by atoms with Crippen molar-refractivity contribution in [3.05, 3.63) is 23.8 Å². The van der Waals surface area contributed by atoms with Crippen molar-refractivity contribution in [3.63, 3.8) is 0 Å². The fraction of sp³-hybridized carbons (Fsp3) is 0.647. The second-order valence-corrected chi connectivity index (χ2v) is 6.81. The molecule has 3 aliphatic rings. The van der Waals surface area contributed by atoms with Gasteiger partial charge < -0.3 is 9.64 Å². The number of nitrogens with zero attached hydrogens (tertiary/aromatic N) is 1. The van der Waals surface area contributed by atoms with Gasteiger partial charge in [0.15, 0.2) is 0 Å². The summed E-state index contributed by atoms with van der Waals surface area (Å²) in [7, 11) is 1.65. The molecule has 6 heteroatoms. The highest BCUT2D eigenvalue weighted by atomic mass is 16.5. The normalized spacial score (nSPS) is 32.9. The summed E-state index contributed by atoms with van der Waals surface area (Å²) in [5, 5.41) is 8.75. The maximum atomic E-state index is 12.8. The van der Waals surface area contributed by atoms with Crippen LogP contribution in [0, 0.1) is 17.3 Å². The Kier molecular flexibility index (Phi) is 4.55. The van der Waals surface area contributed by atoms with Crippen LogP contribution in [0.3, 0.4) is 0 Å². The van der Waals surface area contributed by atoms with Crippen LogP contribution in [0.4, 0.5) is 0 Å². The number of amides is 2. The lowest BCUT2D eigenvalue weighted by molar-refractivity contribution is -0.139. The number of carbonyl (C=O) groups is 2. The monoisotopic (exact) mass is 320 g/mol. The summed E-state index contributed by atoms with van der Waals surface area (Å²) in [6.07, 6.45) is 9.26. The molecule has 2 amide bonds. The van der Waals surface area contributed by atoms with Crippen LogP contribution < -0.4 is 5.48 Å². The van der Waals surface area contributed by atoms with Crippen molar-refractivity contribution in [2.24, 2.45) is 17.3 Å². The first kappa shape index (κ1) is 16.2. The van der Waals surface area contributed by atoms with Crippen LogP contribution in [0.1, 0.15) is 25.7 Å². The number of hydrogen-bond acceptors (Lipinski definition) is 4. The van der Waals surface area contributed by atoms with Crippen LogP contribution >= 0.6 is 0 Å². The third-order valence-electron chi connectivity index (χ3n) is 5.58. The average molecular weight is 320 g/mol. The van der Waals surface area contributed by atoms with Gasteiger partial charge in [0.2, 0.25) is 5.91 Å². The lowest BCUT2D eigenvalue weighted by atomic mass is 9.63. The lowest BCUT2D eigenvalue weighted by Crippen LogP contribution is -2.41. The Morgan fingerprint density at radius 1 is 1.48 bits per heavy atom. The molecule has 0 aromatic heterocycles. The van der Waals surface area contributed by atoms with Crippen LogP contribution in [0.2, 0.25) is 0 Å². The minimum absolute atomic E-state index is 0.232. The smallest absolute Gasteiger partial charge is 0.274 e. The summed E-state index contributed by atoms with van der Waals surface area (Å²) in [6.45, 7) is 2.06. The van der Waals surface area contributed by atoms with E-state index in [4.69, 9.17) is 9.94 Å². The quantitative estimate of drug-likeness (QED) is 0.604. The van der Waals surface area contributed by atoms with Crippen molar-refractivity contribution >= 4 is 11.8 Å². The van der Waals surface area contributed by atoms with Crippen LogP contribution in [-0.4, -0.2) is 48.7 Å². The second-order valence-electron chi connectivity index (χ2n) is 6.81. The number of rotatable bonds is 4. The topological polar surface area (TPSA) is 78.9 Å². The molecule has 0 aromatic carbocycles. The number of nitrogens with one attached hydrogen (secondary N) is 1. The van der Waals surface area contributed by atoms with Gasteiger partial charge in [-0.1, -0.05) is 18.2 Å². The standard InChI is InChI=1S/C17H24N2O4/c1-23-9-8-19-7-6-17(16(19)21)5-4-12-10-13(15(20)18-22)2-3-14(12)11-17/h2-3,10,12,14,22H,4-9,11H2,1H3,(H,18,20)/t12?,14?,17-/m0/s1. The Balaban J connectivity index is 1.68. The number of methoxy groups -OCH3 is 1.